The number of benzene rings is 1. The van der Waals surface area contributed by atoms with E-state index >= 15 is 0 Å². The van der Waals surface area contributed by atoms with Crippen LogP contribution >= 0.6 is 11.3 Å². The van der Waals surface area contributed by atoms with Crippen molar-refractivity contribution in [1.29, 1.82) is 5.26 Å². The Balaban J connectivity index is 1.44. The van der Waals surface area contributed by atoms with Gasteiger partial charge in [0, 0.05) is 32.7 Å². The zero-order chi connectivity index (χ0) is 19.2. The maximum Gasteiger partial charge on any atom is 0.251 e. The second-order valence-electron chi connectivity index (χ2n) is 6.44. The maximum absolute atomic E-state index is 12.2. The molecule has 1 saturated heterocycles. The van der Waals surface area contributed by atoms with E-state index in [0.29, 0.717) is 22.7 Å². The van der Waals surface area contributed by atoms with Crippen LogP contribution in [0.15, 0.2) is 35.7 Å². The van der Waals surface area contributed by atoms with Crippen molar-refractivity contribution < 1.29 is 9.59 Å². The van der Waals surface area contributed by atoms with Crippen molar-refractivity contribution >= 4 is 28.2 Å². The van der Waals surface area contributed by atoms with Crippen molar-refractivity contribution in [3.63, 3.8) is 0 Å². The quantitative estimate of drug-likeness (QED) is 0.786. The summed E-state index contributed by atoms with van der Waals surface area (Å²) in [5.41, 5.74) is 7.49. The fourth-order valence-corrected chi connectivity index (χ4v) is 3.83. The number of thiophene rings is 1. The smallest absolute Gasteiger partial charge is 0.251 e. The van der Waals surface area contributed by atoms with Crippen molar-refractivity contribution in [2.75, 3.05) is 38.0 Å². The van der Waals surface area contributed by atoms with Gasteiger partial charge in [0.15, 0.2) is 0 Å². The third-order valence-electron chi connectivity index (χ3n) is 4.50. The number of anilines is 1. The van der Waals surface area contributed by atoms with Crippen LogP contribution in [0.1, 0.15) is 21.5 Å². The molecule has 1 aliphatic rings. The summed E-state index contributed by atoms with van der Waals surface area (Å²) >= 11 is 1.29. The monoisotopic (exact) mass is 383 g/mol. The first kappa shape index (κ1) is 19.0. The van der Waals surface area contributed by atoms with Gasteiger partial charge in [0.05, 0.1) is 23.7 Å². The average Bonchev–Trinajstić information content (AvgIpc) is 3.12. The van der Waals surface area contributed by atoms with E-state index in [4.69, 9.17) is 11.0 Å². The van der Waals surface area contributed by atoms with E-state index in [9.17, 15) is 9.59 Å². The lowest BCUT2D eigenvalue weighted by Gasteiger charge is -2.34. The summed E-state index contributed by atoms with van der Waals surface area (Å²) in [6.45, 7) is 4.48. The fraction of sp³-hybridized carbons (Fsp3) is 0.316. The molecule has 1 aliphatic heterocycles. The largest absolute Gasteiger partial charge is 0.366 e. The molecule has 140 valence electrons. The van der Waals surface area contributed by atoms with Crippen LogP contribution in [0, 0.1) is 11.3 Å². The number of nitriles is 1. The molecule has 0 aliphatic carbocycles. The Morgan fingerprint density at radius 1 is 1.11 bits per heavy atom. The van der Waals surface area contributed by atoms with Crippen molar-refractivity contribution in [2.45, 2.75) is 6.54 Å². The van der Waals surface area contributed by atoms with Crippen molar-refractivity contribution in [1.82, 2.24) is 9.80 Å². The molecule has 0 radical (unpaired) electrons. The molecule has 1 aromatic heterocycles. The van der Waals surface area contributed by atoms with Crippen LogP contribution < -0.4 is 11.1 Å². The number of piperazine rings is 1. The number of hydrogen-bond acceptors (Lipinski definition) is 6. The summed E-state index contributed by atoms with van der Waals surface area (Å²) in [4.78, 5) is 28.0. The van der Waals surface area contributed by atoms with E-state index in [1.165, 1.54) is 16.9 Å². The second kappa shape index (κ2) is 8.77. The zero-order valence-corrected chi connectivity index (χ0v) is 15.7. The van der Waals surface area contributed by atoms with Gasteiger partial charge in [-0.1, -0.05) is 12.1 Å². The standard InChI is InChI=1S/C19H21N5O2S/c20-11-14-1-3-15(4-2-14)12-23-6-8-24(9-7-23)13-17(25)22-19-16(18(21)26)5-10-27-19/h1-5,10H,6-9,12-13H2,(H2,21,26)(H,22,25). The van der Waals surface area contributed by atoms with Gasteiger partial charge < -0.3 is 11.1 Å². The Bertz CT molecular complexity index is 848. The van der Waals surface area contributed by atoms with Gasteiger partial charge in [0.2, 0.25) is 5.91 Å². The van der Waals surface area contributed by atoms with Crippen LogP contribution in [0.4, 0.5) is 5.00 Å². The first-order chi connectivity index (χ1) is 13.0. The van der Waals surface area contributed by atoms with E-state index in [1.54, 1.807) is 11.4 Å². The predicted octanol–water partition coefficient (Wildman–Crippen LogP) is 1.47. The minimum absolute atomic E-state index is 0.138. The van der Waals surface area contributed by atoms with Gasteiger partial charge in [0.1, 0.15) is 5.00 Å². The van der Waals surface area contributed by atoms with Gasteiger partial charge in [-0.2, -0.15) is 5.26 Å². The number of nitrogens with one attached hydrogen (secondary N) is 1. The normalized spacial score (nSPS) is 15.2. The number of nitrogens with zero attached hydrogens (tertiary/aromatic N) is 3. The molecule has 3 rings (SSSR count). The first-order valence-electron chi connectivity index (χ1n) is 8.66. The number of hydrogen-bond donors (Lipinski definition) is 2. The van der Waals surface area contributed by atoms with Crippen LogP contribution in [-0.4, -0.2) is 54.3 Å². The van der Waals surface area contributed by atoms with E-state index in [-0.39, 0.29) is 5.91 Å². The van der Waals surface area contributed by atoms with Gasteiger partial charge >= 0.3 is 0 Å². The topological polar surface area (TPSA) is 102 Å². The Hall–Kier alpha value is -2.73. The molecule has 27 heavy (non-hydrogen) atoms. The number of amides is 2. The highest BCUT2D eigenvalue weighted by atomic mass is 32.1. The molecule has 3 N–H and O–H groups in total. The Morgan fingerprint density at radius 3 is 2.41 bits per heavy atom. The van der Waals surface area contributed by atoms with Crippen LogP contribution in [0.3, 0.4) is 0 Å². The highest BCUT2D eigenvalue weighted by molar-refractivity contribution is 7.14. The molecule has 1 aromatic carbocycles. The van der Waals surface area contributed by atoms with Gasteiger partial charge in [0.25, 0.3) is 5.91 Å². The van der Waals surface area contributed by atoms with Crippen LogP contribution in [0.25, 0.3) is 0 Å². The lowest BCUT2D eigenvalue weighted by Crippen LogP contribution is -2.48. The first-order valence-corrected chi connectivity index (χ1v) is 9.54. The van der Waals surface area contributed by atoms with Crippen molar-refractivity contribution in [3.8, 4) is 6.07 Å². The Kier molecular flexibility index (Phi) is 6.19. The van der Waals surface area contributed by atoms with E-state index in [0.717, 1.165) is 32.7 Å². The number of carbonyl (C=O) groups is 2. The minimum Gasteiger partial charge on any atom is -0.366 e. The number of nitrogens with two attached hydrogens (primary N) is 1. The lowest BCUT2D eigenvalue weighted by molar-refractivity contribution is -0.117. The minimum atomic E-state index is -0.539. The molecule has 0 saturated carbocycles. The summed E-state index contributed by atoms with van der Waals surface area (Å²) < 4.78 is 0. The Labute approximate surface area is 162 Å². The van der Waals surface area contributed by atoms with Crippen LogP contribution in [-0.2, 0) is 11.3 Å². The summed E-state index contributed by atoms with van der Waals surface area (Å²) in [7, 11) is 0. The molecule has 7 nitrogen and oxygen atoms in total. The SMILES string of the molecule is N#Cc1ccc(CN2CCN(CC(=O)Nc3sccc3C(N)=O)CC2)cc1. The molecule has 0 unspecified atom stereocenters. The molecule has 2 aromatic rings. The third-order valence-corrected chi connectivity index (χ3v) is 5.33. The lowest BCUT2D eigenvalue weighted by atomic mass is 10.1. The van der Waals surface area contributed by atoms with Gasteiger partial charge in [-0.3, -0.25) is 19.4 Å². The van der Waals surface area contributed by atoms with Gasteiger partial charge in [-0.25, -0.2) is 0 Å². The molecule has 0 spiro atoms. The molecule has 2 heterocycles. The molecular weight excluding hydrogens is 362 g/mol. The summed E-state index contributed by atoms with van der Waals surface area (Å²) in [5.74, 6) is -0.677. The number of primary amides is 1. The molecule has 1 fully saturated rings. The van der Waals surface area contributed by atoms with Crippen LogP contribution in [0.5, 0.6) is 0 Å². The average molecular weight is 383 g/mol. The second-order valence-corrected chi connectivity index (χ2v) is 7.35. The highest BCUT2D eigenvalue weighted by Gasteiger charge is 2.20. The fourth-order valence-electron chi connectivity index (χ4n) is 3.02. The molecule has 0 bridgehead atoms. The highest BCUT2D eigenvalue weighted by Crippen LogP contribution is 2.22. The summed E-state index contributed by atoms with van der Waals surface area (Å²) in [6, 6.07) is 11.4. The molecule has 8 heteroatoms. The van der Waals surface area contributed by atoms with Crippen molar-refractivity contribution in [2.24, 2.45) is 5.73 Å². The predicted molar refractivity (Wildman–Crippen MR) is 104 cm³/mol. The zero-order valence-electron chi connectivity index (χ0n) is 14.9. The maximum atomic E-state index is 12.2. The van der Waals surface area contributed by atoms with E-state index < -0.39 is 5.91 Å². The van der Waals surface area contributed by atoms with Crippen molar-refractivity contribution in [3.05, 3.63) is 52.4 Å². The third kappa shape index (κ3) is 5.14. The van der Waals surface area contributed by atoms with E-state index in [1.807, 2.05) is 24.3 Å². The van der Waals surface area contributed by atoms with Gasteiger partial charge in [-0.15, -0.1) is 11.3 Å². The summed E-state index contributed by atoms with van der Waals surface area (Å²) in [6.07, 6.45) is 0. The molecular formula is C19H21N5O2S. The summed E-state index contributed by atoms with van der Waals surface area (Å²) in [5, 5.41) is 13.9. The number of rotatable bonds is 6. The molecule has 0 atom stereocenters. The molecule has 2 amide bonds. The van der Waals surface area contributed by atoms with E-state index in [2.05, 4.69) is 21.2 Å². The van der Waals surface area contributed by atoms with Gasteiger partial charge in [-0.05, 0) is 29.1 Å². The Morgan fingerprint density at radius 2 is 1.78 bits per heavy atom. The van der Waals surface area contributed by atoms with Crippen LogP contribution in [0.2, 0.25) is 0 Å². The number of carbonyl (C=O) groups excluding carboxylic acids is 2.